The third-order valence-corrected chi connectivity index (χ3v) is 4.01. The van der Waals surface area contributed by atoms with Gasteiger partial charge in [0.2, 0.25) is 0 Å². The average molecular weight is 344 g/mol. The minimum Gasteiger partial charge on any atom is -0.381 e. The second-order valence-electron chi connectivity index (χ2n) is 5.63. The normalized spacial score (nSPS) is 17.2. The summed E-state index contributed by atoms with van der Waals surface area (Å²) >= 11 is 0. The van der Waals surface area contributed by atoms with E-state index in [-0.39, 0.29) is 37.5 Å². The standard InChI is InChI=1S/C16H19F3N2O3/c1-2-13(22)11-4-3-5-12(10-11)20-14(23)21-15(16(17,18)19)6-8-24-9-7-15/h3-5,10H,2,6-9H2,1H3,(H2,20,21,23). The molecule has 24 heavy (non-hydrogen) atoms. The number of halogens is 3. The van der Waals surface area contributed by atoms with Gasteiger partial charge >= 0.3 is 12.2 Å². The number of carbonyl (C=O) groups is 2. The smallest absolute Gasteiger partial charge is 0.381 e. The Bertz CT molecular complexity index is 611. The van der Waals surface area contributed by atoms with Crippen molar-refractivity contribution in [3.8, 4) is 0 Å². The van der Waals surface area contributed by atoms with Crippen molar-refractivity contribution in [3.05, 3.63) is 29.8 Å². The number of urea groups is 1. The van der Waals surface area contributed by atoms with E-state index in [0.29, 0.717) is 12.0 Å². The summed E-state index contributed by atoms with van der Waals surface area (Å²) < 4.78 is 45.1. The second kappa shape index (κ2) is 7.21. The molecule has 2 amide bonds. The summed E-state index contributed by atoms with van der Waals surface area (Å²) in [6.45, 7) is 1.56. The van der Waals surface area contributed by atoms with Gasteiger partial charge in [-0.2, -0.15) is 13.2 Å². The fourth-order valence-corrected chi connectivity index (χ4v) is 2.55. The molecule has 1 aliphatic rings. The summed E-state index contributed by atoms with van der Waals surface area (Å²) in [6.07, 6.45) is -4.95. The zero-order valence-electron chi connectivity index (χ0n) is 13.2. The summed E-state index contributed by atoms with van der Waals surface area (Å²) in [5, 5.41) is 4.41. The number of rotatable bonds is 4. The predicted octanol–water partition coefficient (Wildman–Crippen LogP) is 3.51. The summed E-state index contributed by atoms with van der Waals surface area (Å²) in [6, 6.07) is 5.14. The maximum atomic E-state index is 13.4. The van der Waals surface area contributed by atoms with Crippen molar-refractivity contribution in [2.45, 2.75) is 37.9 Å². The second-order valence-corrected chi connectivity index (χ2v) is 5.63. The van der Waals surface area contributed by atoms with Crippen molar-refractivity contribution < 1.29 is 27.5 Å². The predicted molar refractivity (Wildman–Crippen MR) is 82.1 cm³/mol. The Hall–Kier alpha value is -2.09. The van der Waals surface area contributed by atoms with Gasteiger partial charge in [0.15, 0.2) is 5.78 Å². The number of ketones is 1. The molecule has 0 spiro atoms. The molecule has 1 fully saturated rings. The van der Waals surface area contributed by atoms with Gasteiger partial charge in [0.25, 0.3) is 0 Å². The molecule has 0 unspecified atom stereocenters. The molecule has 1 aromatic rings. The zero-order valence-corrected chi connectivity index (χ0v) is 13.2. The molecule has 1 saturated heterocycles. The van der Waals surface area contributed by atoms with E-state index < -0.39 is 17.7 Å². The number of anilines is 1. The van der Waals surface area contributed by atoms with Gasteiger partial charge in [-0.15, -0.1) is 0 Å². The van der Waals surface area contributed by atoms with Crippen LogP contribution in [0, 0.1) is 0 Å². The van der Waals surface area contributed by atoms with Crippen LogP contribution in [-0.4, -0.2) is 36.7 Å². The van der Waals surface area contributed by atoms with E-state index in [9.17, 15) is 22.8 Å². The van der Waals surface area contributed by atoms with Gasteiger partial charge in [-0.05, 0) is 12.1 Å². The first-order chi connectivity index (χ1) is 11.3. The van der Waals surface area contributed by atoms with Gasteiger partial charge < -0.3 is 15.4 Å². The van der Waals surface area contributed by atoms with E-state index in [1.54, 1.807) is 19.1 Å². The Morgan fingerprint density at radius 3 is 2.50 bits per heavy atom. The highest BCUT2D eigenvalue weighted by Gasteiger charge is 2.56. The number of benzene rings is 1. The lowest BCUT2D eigenvalue weighted by Gasteiger charge is -2.39. The molecule has 1 aliphatic heterocycles. The van der Waals surface area contributed by atoms with E-state index >= 15 is 0 Å². The highest BCUT2D eigenvalue weighted by Crippen LogP contribution is 2.38. The number of hydrogen-bond donors (Lipinski definition) is 2. The first-order valence-corrected chi connectivity index (χ1v) is 7.64. The average Bonchev–Trinajstić information content (AvgIpc) is 2.54. The van der Waals surface area contributed by atoms with Gasteiger partial charge in [0.1, 0.15) is 5.54 Å². The molecule has 0 radical (unpaired) electrons. The van der Waals surface area contributed by atoms with Crippen molar-refractivity contribution in [3.63, 3.8) is 0 Å². The minimum atomic E-state index is -4.58. The molecule has 1 heterocycles. The number of ether oxygens (including phenoxy) is 1. The first kappa shape index (κ1) is 18.3. The zero-order chi connectivity index (χ0) is 17.8. The molecular weight excluding hydrogens is 325 g/mol. The highest BCUT2D eigenvalue weighted by molar-refractivity contribution is 5.98. The summed E-state index contributed by atoms with van der Waals surface area (Å²) in [7, 11) is 0. The lowest BCUT2D eigenvalue weighted by Crippen LogP contribution is -2.62. The molecule has 0 bridgehead atoms. The first-order valence-electron chi connectivity index (χ1n) is 7.64. The van der Waals surface area contributed by atoms with Gasteiger partial charge in [-0.1, -0.05) is 19.1 Å². The Morgan fingerprint density at radius 1 is 1.25 bits per heavy atom. The quantitative estimate of drug-likeness (QED) is 0.822. The Kier molecular flexibility index (Phi) is 5.48. The van der Waals surface area contributed by atoms with Gasteiger partial charge in [-0.25, -0.2) is 4.79 Å². The lowest BCUT2D eigenvalue weighted by molar-refractivity contribution is -0.212. The Morgan fingerprint density at radius 2 is 1.92 bits per heavy atom. The van der Waals surface area contributed by atoms with Gasteiger partial charge in [-0.3, -0.25) is 4.79 Å². The van der Waals surface area contributed by atoms with Crippen LogP contribution in [0.4, 0.5) is 23.7 Å². The highest BCUT2D eigenvalue weighted by atomic mass is 19.4. The molecule has 0 saturated carbocycles. The van der Waals surface area contributed by atoms with E-state index in [4.69, 9.17) is 4.74 Å². The van der Waals surface area contributed by atoms with Crippen LogP contribution in [0.2, 0.25) is 0 Å². The number of alkyl halides is 3. The fourth-order valence-electron chi connectivity index (χ4n) is 2.55. The van der Waals surface area contributed by atoms with Gasteiger partial charge in [0.05, 0.1) is 0 Å². The summed E-state index contributed by atoms with van der Waals surface area (Å²) in [5.74, 6) is -0.116. The van der Waals surface area contributed by atoms with E-state index in [2.05, 4.69) is 5.32 Å². The van der Waals surface area contributed by atoms with Crippen LogP contribution in [0.15, 0.2) is 24.3 Å². The van der Waals surface area contributed by atoms with Crippen LogP contribution in [0.5, 0.6) is 0 Å². The summed E-state index contributed by atoms with van der Waals surface area (Å²) in [4.78, 5) is 23.7. The number of Topliss-reactive ketones (excluding diaryl/α,β-unsaturated/α-hetero) is 1. The monoisotopic (exact) mass is 344 g/mol. The fraction of sp³-hybridized carbons (Fsp3) is 0.500. The maximum Gasteiger partial charge on any atom is 0.411 e. The molecule has 0 aliphatic carbocycles. The van der Waals surface area contributed by atoms with Crippen molar-refractivity contribution in [2.75, 3.05) is 18.5 Å². The number of hydrogen-bond acceptors (Lipinski definition) is 3. The third-order valence-electron chi connectivity index (χ3n) is 4.01. The van der Waals surface area contributed by atoms with E-state index in [1.165, 1.54) is 12.1 Å². The molecule has 2 rings (SSSR count). The third kappa shape index (κ3) is 4.05. The Labute approximate surface area is 137 Å². The van der Waals surface area contributed by atoms with E-state index in [1.807, 2.05) is 5.32 Å². The van der Waals surface area contributed by atoms with Crippen molar-refractivity contribution in [1.82, 2.24) is 5.32 Å². The lowest BCUT2D eigenvalue weighted by atomic mass is 9.89. The van der Waals surface area contributed by atoms with Crippen LogP contribution in [0.1, 0.15) is 36.5 Å². The van der Waals surface area contributed by atoms with Crippen molar-refractivity contribution in [2.24, 2.45) is 0 Å². The molecule has 8 heteroatoms. The molecule has 132 valence electrons. The van der Waals surface area contributed by atoms with Crippen LogP contribution < -0.4 is 10.6 Å². The maximum absolute atomic E-state index is 13.4. The van der Waals surface area contributed by atoms with Gasteiger partial charge in [0, 0.05) is 43.7 Å². The minimum absolute atomic E-state index is 0.0692. The van der Waals surface area contributed by atoms with Crippen molar-refractivity contribution in [1.29, 1.82) is 0 Å². The Balaban J connectivity index is 2.10. The van der Waals surface area contributed by atoms with Crippen molar-refractivity contribution >= 4 is 17.5 Å². The molecule has 1 aromatic carbocycles. The topological polar surface area (TPSA) is 67.4 Å². The van der Waals surface area contributed by atoms with E-state index in [0.717, 1.165) is 0 Å². The van der Waals surface area contributed by atoms with Crippen LogP contribution in [0.25, 0.3) is 0 Å². The number of amides is 2. The SMILES string of the molecule is CCC(=O)c1cccc(NC(=O)NC2(C(F)(F)F)CCOCC2)c1. The molecule has 0 atom stereocenters. The summed E-state index contributed by atoms with van der Waals surface area (Å²) in [5.41, 5.74) is -1.64. The van der Waals surface area contributed by atoms with Crippen LogP contribution >= 0.6 is 0 Å². The van der Waals surface area contributed by atoms with Crippen LogP contribution in [-0.2, 0) is 4.74 Å². The molecule has 5 nitrogen and oxygen atoms in total. The molecular formula is C16H19F3N2O3. The largest absolute Gasteiger partial charge is 0.411 e. The van der Waals surface area contributed by atoms with Crippen LogP contribution in [0.3, 0.4) is 0 Å². The molecule has 0 aromatic heterocycles. The number of carbonyl (C=O) groups excluding carboxylic acids is 2. The molecule has 2 N–H and O–H groups in total. The number of nitrogens with one attached hydrogen (secondary N) is 2.